The highest BCUT2D eigenvalue weighted by molar-refractivity contribution is 5.92. The minimum atomic E-state index is -0.110. The summed E-state index contributed by atoms with van der Waals surface area (Å²) in [4.78, 5) is 40.5. The van der Waals surface area contributed by atoms with Gasteiger partial charge in [-0.3, -0.25) is 14.5 Å². The summed E-state index contributed by atoms with van der Waals surface area (Å²) < 4.78 is 0. The fourth-order valence-electron chi connectivity index (χ4n) is 5.62. The van der Waals surface area contributed by atoms with Gasteiger partial charge >= 0.3 is 0 Å². The van der Waals surface area contributed by atoms with Crippen molar-refractivity contribution in [3.05, 3.63) is 42.2 Å². The van der Waals surface area contributed by atoms with Gasteiger partial charge in [0.25, 0.3) is 5.91 Å². The van der Waals surface area contributed by atoms with E-state index < -0.39 is 0 Å². The fourth-order valence-corrected chi connectivity index (χ4v) is 5.62. The van der Waals surface area contributed by atoms with Crippen LogP contribution in [0.3, 0.4) is 0 Å². The summed E-state index contributed by atoms with van der Waals surface area (Å²) in [6, 6.07) is 3.94. The maximum Gasteiger partial charge on any atom is 0.267 e. The molecule has 0 spiro atoms. The van der Waals surface area contributed by atoms with Crippen LogP contribution in [0.25, 0.3) is 0 Å². The Balaban J connectivity index is 1.34. The van der Waals surface area contributed by atoms with Gasteiger partial charge in [0.15, 0.2) is 0 Å². The van der Waals surface area contributed by atoms with E-state index in [0.717, 1.165) is 44.7 Å². The Morgan fingerprint density at radius 3 is 2.93 bits per heavy atom. The van der Waals surface area contributed by atoms with E-state index >= 15 is 0 Å². The SMILES string of the molecule is O=C(NC[C@H]1[C@H]2C[C@H](CN(Cc3ncc[nH]3)C2)[C@@H]2CCCC(=O)N21)c1ccc[nH]1. The third-order valence-corrected chi connectivity index (χ3v) is 6.81. The monoisotopic (exact) mass is 396 g/mol. The first-order valence-electron chi connectivity index (χ1n) is 10.6. The van der Waals surface area contributed by atoms with Crippen LogP contribution in [0.2, 0.25) is 0 Å². The van der Waals surface area contributed by atoms with Crippen molar-refractivity contribution in [1.82, 2.24) is 30.1 Å². The Morgan fingerprint density at radius 1 is 1.24 bits per heavy atom. The molecular weight excluding hydrogens is 368 g/mol. The number of hydrogen-bond acceptors (Lipinski definition) is 4. The van der Waals surface area contributed by atoms with Crippen LogP contribution in [-0.2, 0) is 11.3 Å². The Morgan fingerprint density at radius 2 is 2.14 bits per heavy atom. The summed E-state index contributed by atoms with van der Waals surface area (Å²) in [6.07, 6.45) is 9.21. The molecule has 3 N–H and O–H groups in total. The van der Waals surface area contributed by atoms with Crippen molar-refractivity contribution in [1.29, 1.82) is 0 Å². The number of rotatable bonds is 5. The molecule has 3 saturated heterocycles. The molecule has 5 rings (SSSR count). The average molecular weight is 396 g/mol. The molecule has 2 amide bonds. The van der Waals surface area contributed by atoms with Gasteiger partial charge < -0.3 is 20.2 Å². The van der Waals surface area contributed by atoms with Gasteiger partial charge in [0.2, 0.25) is 5.91 Å². The van der Waals surface area contributed by atoms with Crippen molar-refractivity contribution in [2.75, 3.05) is 19.6 Å². The molecule has 0 aromatic carbocycles. The number of amides is 2. The summed E-state index contributed by atoms with van der Waals surface area (Å²) >= 11 is 0. The molecule has 8 nitrogen and oxygen atoms in total. The number of hydrogen-bond donors (Lipinski definition) is 3. The molecule has 2 aromatic rings. The third-order valence-electron chi connectivity index (χ3n) is 6.81. The number of likely N-dealkylation sites (tertiary alicyclic amines) is 1. The van der Waals surface area contributed by atoms with Gasteiger partial charge in [-0.05, 0) is 43.2 Å². The largest absolute Gasteiger partial charge is 0.357 e. The highest BCUT2D eigenvalue weighted by atomic mass is 16.2. The molecule has 4 atom stereocenters. The van der Waals surface area contributed by atoms with Crippen LogP contribution in [0.5, 0.6) is 0 Å². The maximum atomic E-state index is 12.9. The van der Waals surface area contributed by atoms with Gasteiger partial charge in [0.1, 0.15) is 11.5 Å². The molecule has 2 aromatic heterocycles. The zero-order valence-corrected chi connectivity index (χ0v) is 16.5. The number of aromatic nitrogens is 3. The van der Waals surface area contributed by atoms with Crippen LogP contribution in [0.15, 0.2) is 30.7 Å². The fraction of sp³-hybridized carbons (Fsp3) is 0.571. The van der Waals surface area contributed by atoms with Crippen LogP contribution in [0.4, 0.5) is 0 Å². The van der Waals surface area contributed by atoms with Crippen LogP contribution < -0.4 is 5.32 Å². The number of carbonyl (C=O) groups is 2. The van der Waals surface area contributed by atoms with Crippen molar-refractivity contribution >= 4 is 11.8 Å². The van der Waals surface area contributed by atoms with E-state index in [9.17, 15) is 9.59 Å². The van der Waals surface area contributed by atoms with Gasteiger partial charge in [-0.25, -0.2) is 4.98 Å². The lowest BCUT2D eigenvalue weighted by atomic mass is 9.72. The Hall–Kier alpha value is -2.61. The van der Waals surface area contributed by atoms with Gasteiger partial charge in [-0.1, -0.05) is 0 Å². The summed E-state index contributed by atoms with van der Waals surface area (Å²) in [5, 5.41) is 3.07. The third kappa shape index (κ3) is 3.57. The summed E-state index contributed by atoms with van der Waals surface area (Å²) in [5.74, 6) is 2.00. The van der Waals surface area contributed by atoms with Crippen LogP contribution in [0, 0.1) is 11.8 Å². The van der Waals surface area contributed by atoms with E-state index in [0.29, 0.717) is 36.5 Å². The van der Waals surface area contributed by atoms with E-state index in [2.05, 4.69) is 30.1 Å². The lowest BCUT2D eigenvalue weighted by Crippen LogP contribution is -2.67. The number of nitrogens with one attached hydrogen (secondary N) is 3. The van der Waals surface area contributed by atoms with Crippen LogP contribution >= 0.6 is 0 Å². The average Bonchev–Trinajstić information content (AvgIpc) is 3.42. The molecule has 5 heterocycles. The molecule has 0 aliphatic carbocycles. The number of nitrogens with zero attached hydrogens (tertiary/aromatic N) is 3. The standard InChI is InChI=1S/C21H28N6O2/c28-20-5-1-4-17-14-9-15(12-26(11-14)13-19-23-7-8-24-19)18(27(17)20)10-25-21(29)16-3-2-6-22-16/h2-3,6-8,14-15,17-18,22H,1,4-5,9-13H2,(H,23,24)(H,25,29)/t14-,15+,17+,18+/m1/s1. The lowest BCUT2D eigenvalue weighted by Gasteiger charge is -2.56. The molecule has 3 aliphatic rings. The molecule has 3 fully saturated rings. The zero-order valence-electron chi connectivity index (χ0n) is 16.5. The van der Waals surface area contributed by atoms with Gasteiger partial charge in [0.05, 0.1) is 12.6 Å². The highest BCUT2D eigenvalue weighted by Crippen LogP contribution is 2.41. The number of carbonyl (C=O) groups excluding carboxylic acids is 2. The summed E-state index contributed by atoms with van der Waals surface area (Å²) in [7, 11) is 0. The minimum Gasteiger partial charge on any atom is -0.357 e. The zero-order chi connectivity index (χ0) is 19.8. The van der Waals surface area contributed by atoms with E-state index in [1.54, 1.807) is 18.5 Å². The summed E-state index contributed by atoms with van der Waals surface area (Å²) in [6.45, 7) is 3.25. The number of fused-ring (bicyclic) bond motifs is 4. The summed E-state index contributed by atoms with van der Waals surface area (Å²) in [5.41, 5.74) is 0.559. The molecular formula is C21H28N6O2. The molecule has 29 heavy (non-hydrogen) atoms. The van der Waals surface area contributed by atoms with Crippen LogP contribution in [-0.4, -0.2) is 68.3 Å². The van der Waals surface area contributed by atoms with Gasteiger partial charge in [-0.2, -0.15) is 0 Å². The van der Waals surface area contributed by atoms with Crippen molar-refractivity contribution in [3.8, 4) is 0 Å². The van der Waals surface area contributed by atoms with E-state index in [-0.39, 0.29) is 17.9 Å². The molecule has 0 saturated carbocycles. The smallest absolute Gasteiger partial charge is 0.267 e. The first-order chi connectivity index (χ1) is 14.2. The number of aromatic amines is 2. The van der Waals surface area contributed by atoms with E-state index in [4.69, 9.17) is 0 Å². The van der Waals surface area contributed by atoms with Gasteiger partial charge in [0, 0.05) is 50.7 Å². The molecule has 0 unspecified atom stereocenters. The Labute approximate surface area is 170 Å². The van der Waals surface area contributed by atoms with Crippen molar-refractivity contribution in [3.63, 3.8) is 0 Å². The van der Waals surface area contributed by atoms with Crippen molar-refractivity contribution < 1.29 is 9.59 Å². The molecule has 8 heteroatoms. The quantitative estimate of drug-likeness (QED) is 0.711. The number of H-pyrrole nitrogens is 2. The second-order valence-electron chi connectivity index (χ2n) is 8.61. The Kier molecular flexibility index (Phi) is 4.87. The van der Waals surface area contributed by atoms with Gasteiger partial charge in [-0.15, -0.1) is 0 Å². The molecule has 154 valence electrons. The Bertz CT molecular complexity index is 849. The predicted octanol–water partition coefficient (Wildman–Crippen LogP) is 1.37. The first-order valence-corrected chi connectivity index (χ1v) is 10.6. The minimum absolute atomic E-state index is 0.0577. The van der Waals surface area contributed by atoms with E-state index in [1.807, 2.05) is 12.3 Å². The number of imidazole rings is 1. The van der Waals surface area contributed by atoms with E-state index in [1.165, 1.54) is 0 Å². The van der Waals surface area contributed by atoms with Crippen molar-refractivity contribution in [2.45, 2.75) is 44.3 Å². The maximum absolute atomic E-state index is 12.9. The number of piperidine rings is 3. The van der Waals surface area contributed by atoms with Crippen LogP contribution in [0.1, 0.15) is 42.0 Å². The second-order valence-corrected chi connectivity index (χ2v) is 8.61. The first kappa shape index (κ1) is 18.4. The topological polar surface area (TPSA) is 97.1 Å². The van der Waals surface area contributed by atoms with Crippen molar-refractivity contribution in [2.24, 2.45) is 11.8 Å². The molecule has 2 bridgehead atoms. The highest BCUT2D eigenvalue weighted by Gasteiger charge is 2.49. The second kappa shape index (κ2) is 7.67. The predicted molar refractivity (Wildman–Crippen MR) is 107 cm³/mol. The normalized spacial score (nSPS) is 29.5. The molecule has 0 radical (unpaired) electrons. The lowest BCUT2D eigenvalue weighted by molar-refractivity contribution is -0.152. The molecule has 3 aliphatic heterocycles.